The van der Waals surface area contributed by atoms with Gasteiger partial charge >= 0.3 is 0 Å². The predicted octanol–water partition coefficient (Wildman–Crippen LogP) is 0.571. The molecular weight excluding hydrogens is 334 g/mol. The van der Waals surface area contributed by atoms with Crippen LogP contribution in [0.4, 0.5) is 0 Å². The maximum Gasteiger partial charge on any atom is 0.262 e. The average Bonchev–Trinajstić information content (AvgIpc) is 2.65. The number of halogens is 1. The van der Waals surface area contributed by atoms with Crippen LogP contribution in [-0.4, -0.2) is 47.4 Å². The lowest BCUT2D eigenvalue weighted by molar-refractivity contribution is 0.394. The zero-order chi connectivity index (χ0) is 14.8. The minimum atomic E-state index is -3.61. The summed E-state index contributed by atoms with van der Waals surface area (Å²) in [4.78, 5) is 0. The Bertz CT molecular complexity index is 509. The van der Waals surface area contributed by atoms with Crippen LogP contribution in [0.2, 0.25) is 0 Å². The van der Waals surface area contributed by atoms with Crippen LogP contribution >= 0.6 is 15.9 Å². The summed E-state index contributed by atoms with van der Waals surface area (Å²) in [7, 11) is -0.540. The van der Waals surface area contributed by atoms with E-state index in [0.29, 0.717) is 18.9 Å². The van der Waals surface area contributed by atoms with Crippen molar-refractivity contribution < 1.29 is 8.42 Å². The summed E-state index contributed by atoms with van der Waals surface area (Å²) in [5, 5.41) is 7.41. The number of aromatic nitrogens is 3. The Morgan fingerprint density at radius 1 is 1.47 bits per heavy atom. The summed E-state index contributed by atoms with van der Waals surface area (Å²) in [5.41, 5.74) is 5.93. The van der Waals surface area contributed by atoms with E-state index >= 15 is 0 Å². The second-order valence-corrected chi connectivity index (χ2v) is 7.54. The van der Waals surface area contributed by atoms with E-state index in [1.165, 1.54) is 16.0 Å². The van der Waals surface area contributed by atoms with Gasteiger partial charge in [0.25, 0.3) is 10.0 Å². The molecule has 1 rings (SSSR count). The lowest BCUT2D eigenvalue weighted by Gasteiger charge is -2.21. The molecule has 0 amide bonds. The predicted molar refractivity (Wildman–Crippen MR) is 75.9 cm³/mol. The third-order valence-electron chi connectivity index (χ3n) is 3.03. The zero-order valence-electron chi connectivity index (χ0n) is 11.5. The minimum absolute atomic E-state index is 0.0225. The van der Waals surface area contributed by atoms with E-state index in [-0.39, 0.29) is 15.7 Å². The molecule has 1 atom stereocenters. The van der Waals surface area contributed by atoms with E-state index < -0.39 is 10.0 Å². The van der Waals surface area contributed by atoms with E-state index in [4.69, 9.17) is 5.73 Å². The van der Waals surface area contributed by atoms with Gasteiger partial charge in [0, 0.05) is 26.7 Å². The van der Waals surface area contributed by atoms with Crippen LogP contribution in [0.1, 0.15) is 20.3 Å². The Balaban J connectivity index is 2.84. The quantitative estimate of drug-likeness (QED) is 0.806. The average molecular weight is 354 g/mol. The van der Waals surface area contributed by atoms with Gasteiger partial charge in [0.1, 0.15) is 0 Å². The van der Waals surface area contributed by atoms with Crippen LogP contribution in [0.25, 0.3) is 0 Å². The van der Waals surface area contributed by atoms with E-state index in [0.717, 1.165) is 0 Å². The van der Waals surface area contributed by atoms with Gasteiger partial charge in [0.05, 0.1) is 0 Å². The van der Waals surface area contributed by atoms with Crippen molar-refractivity contribution in [1.29, 1.82) is 0 Å². The van der Waals surface area contributed by atoms with Crippen molar-refractivity contribution in [3.8, 4) is 0 Å². The summed E-state index contributed by atoms with van der Waals surface area (Å²) >= 11 is 3.10. The molecule has 2 N–H and O–H groups in total. The molecule has 1 aromatic heterocycles. The molecule has 19 heavy (non-hydrogen) atoms. The third kappa shape index (κ3) is 3.74. The molecule has 0 saturated carbocycles. The monoisotopic (exact) mass is 353 g/mol. The minimum Gasteiger partial charge on any atom is -0.327 e. The highest BCUT2D eigenvalue weighted by atomic mass is 79.9. The number of nitrogens with two attached hydrogens (primary N) is 1. The summed E-state index contributed by atoms with van der Waals surface area (Å²) in [5.74, 6) is 0.321. The van der Waals surface area contributed by atoms with Gasteiger partial charge in [-0.15, -0.1) is 5.10 Å². The standard InChI is InChI=1S/C10H20BrN5O2S/c1-7(2)8(12)5-6-15(3)19(17,18)10-9(11)13-14-16(10)4/h7-8H,5-6,12H2,1-4H3. The molecule has 0 aliphatic rings. The van der Waals surface area contributed by atoms with Crippen molar-refractivity contribution in [1.82, 2.24) is 19.3 Å². The first kappa shape index (κ1) is 16.5. The van der Waals surface area contributed by atoms with Crippen LogP contribution in [-0.2, 0) is 17.1 Å². The second-order valence-electron chi connectivity index (χ2n) is 4.83. The van der Waals surface area contributed by atoms with Crippen LogP contribution in [0.15, 0.2) is 9.63 Å². The molecule has 0 spiro atoms. The number of sulfonamides is 1. The fraction of sp³-hybridized carbons (Fsp3) is 0.800. The Labute approximate surface area is 122 Å². The Morgan fingerprint density at radius 2 is 2.05 bits per heavy atom. The first-order valence-electron chi connectivity index (χ1n) is 5.95. The highest BCUT2D eigenvalue weighted by molar-refractivity contribution is 9.10. The highest BCUT2D eigenvalue weighted by Gasteiger charge is 2.28. The molecule has 1 unspecified atom stereocenters. The Hall–Kier alpha value is -0.510. The number of rotatable bonds is 6. The number of nitrogens with zero attached hydrogens (tertiary/aromatic N) is 4. The lowest BCUT2D eigenvalue weighted by atomic mass is 10.0. The highest BCUT2D eigenvalue weighted by Crippen LogP contribution is 2.21. The molecule has 0 aliphatic heterocycles. The number of hydrogen-bond acceptors (Lipinski definition) is 5. The molecule has 110 valence electrons. The van der Waals surface area contributed by atoms with Crippen LogP contribution in [0, 0.1) is 5.92 Å². The van der Waals surface area contributed by atoms with Crippen molar-refractivity contribution in [3.05, 3.63) is 4.60 Å². The van der Waals surface area contributed by atoms with E-state index in [1.54, 1.807) is 7.05 Å². The molecule has 0 saturated heterocycles. The first-order chi connectivity index (χ1) is 8.67. The maximum absolute atomic E-state index is 12.4. The summed E-state index contributed by atoms with van der Waals surface area (Å²) in [6.45, 7) is 4.39. The molecule has 0 aromatic carbocycles. The van der Waals surface area contributed by atoms with Gasteiger partial charge in [-0.1, -0.05) is 19.1 Å². The van der Waals surface area contributed by atoms with Crippen LogP contribution < -0.4 is 5.73 Å². The number of hydrogen-bond donors (Lipinski definition) is 1. The van der Waals surface area contributed by atoms with Gasteiger partial charge in [-0.3, -0.25) is 0 Å². The topological polar surface area (TPSA) is 94.1 Å². The molecule has 9 heteroatoms. The molecule has 0 aliphatic carbocycles. The van der Waals surface area contributed by atoms with E-state index in [9.17, 15) is 8.42 Å². The molecule has 0 radical (unpaired) electrons. The van der Waals surface area contributed by atoms with Crippen LogP contribution in [0.3, 0.4) is 0 Å². The molecule has 0 fully saturated rings. The zero-order valence-corrected chi connectivity index (χ0v) is 13.9. The normalized spacial score (nSPS) is 14.3. The van der Waals surface area contributed by atoms with Crippen molar-refractivity contribution in [2.24, 2.45) is 18.7 Å². The fourth-order valence-corrected chi connectivity index (χ4v) is 3.73. The first-order valence-corrected chi connectivity index (χ1v) is 8.18. The fourth-order valence-electron chi connectivity index (χ4n) is 1.53. The Kier molecular flexibility index (Phi) is 5.48. The third-order valence-corrected chi connectivity index (χ3v) is 5.77. The van der Waals surface area contributed by atoms with Gasteiger partial charge in [-0.2, -0.15) is 4.31 Å². The van der Waals surface area contributed by atoms with Gasteiger partial charge in [0.2, 0.25) is 5.03 Å². The van der Waals surface area contributed by atoms with Gasteiger partial charge in [0.15, 0.2) is 4.60 Å². The SMILES string of the molecule is CC(C)C(N)CCN(C)S(=O)(=O)c1c(Br)nnn1C. The molecule has 7 nitrogen and oxygen atoms in total. The maximum atomic E-state index is 12.4. The molecular formula is C10H20BrN5O2S. The largest absolute Gasteiger partial charge is 0.327 e. The van der Waals surface area contributed by atoms with E-state index in [2.05, 4.69) is 26.2 Å². The van der Waals surface area contributed by atoms with Gasteiger partial charge in [-0.25, -0.2) is 13.1 Å². The lowest BCUT2D eigenvalue weighted by Crippen LogP contribution is -2.35. The summed E-state index contributed by atoms with van der Waals surface area (Å²) < 4.78 is 27.5. The van der Waals surface area contributed by atoms with E-state index in [1.807, 2.05) is 13.8 Å². The smallest absolute Gasteiger partial charge is 0.262 e. The van der Waals surface area contributed by atoms with Crippen molar-refractivity contribution in [2.45, 2.75) is 31.3 Å². The Morgan fingerprint density at radius 3 is 2.47 bits per heavy atom. The van der Waals surface area contributed by atoms with Crippen LogP contribution in [0.5, 0.6) is 0 Å². The molecule has 1 heterocycles. The van der Waals surface area contributed by atoms with Crippen molar-refractivity contribution >= 4 is 26.0 Å². The number of aryl methyl sites for hydroxylation is 1. The van der Waals surface area contributed by atoms with Crippen molar-refractivity contribution in [2.75, 3.05) is 13.6 Å². The van der Waals surface area contributed by atoms with Gasteiger partial charge in [-0.05, 0) is 28.3 Å². The van der Waals surface area contributed by atoms with Gasteiger partial charge < -0.3 is 5.73 Å². The summed E-state index contributed by atoms with van der Waals surface area (Å²) in [6, 6.07) is -0.0225. The second kappa shape index (κ2) is 6.29. The van der Waals surface area contributed by atoms with Crippen molar-refractivity contribution in [3.63, 3.8) is 0 Å². The molecule has 0 bridgehead atoms. The summed E-state index contributed by atoms with van der Waals surface area (Å²) in [6.07, 6.45) is 0.607. The molecule has 1 aromatic rings.